The van der Waals surface area contributed by atoms with Crippen LogP contribution in [0.2, 0.25) is 0 Å². The van der Waals surface area contributed by atoms with Crippen molar-refractivity contribution in [3.63, 3.8) is 0 Å². The molecule has 0 saturated heterocycles. The molecule has 2 rings (SSSR count). The second-order valence-electron chi connectivity index (χ2n) is 4.09. The Morgan fingerprint density at radius 3 is 2.94 bits per heavy atom. The van der Waals surface area contributed by atoms with Crippen molar-refractivity contribution in [3.8, 4) is 0 Å². The second-order valence-corrected chi connectivity index (χ2v) is 5.07. The summed E-state index contributed by atoms with van der Waals surface area (Å²) < 4.78 is 0. The van der Waals surface area contributed by atoms with E-state index in [4.69, 9.17) is 0 Å². The first-order valence-electron chi connectivity index (χ1n) is 5.77. The molecule has 5 heteroatoms. The Labute approximate surface area is 99.5 Å². The number of urea groups is 1. The number of rotatable bonds is 3. The maximum atomic E-state index is 11.6. The van der Waals surface area contributed by atoms with Gasteiger partial charge in [-0.1, -0.05) is 19.3 Å². The van der Waals surface area contributed by atoms with Crippen LogP contribution in [0, 0.1) is 0 Å². The quantitative estimate of drug-likeness (QED) is 0.850. The van der Waals surface area contributed by atoms with Gasteiger partial charge in [0.15, 0.2) is 0 Å². The van der Waals surface area contributed by atoms with Crippen LogP contribution >= 0.6 is 11.3 Å². The summed E-state index contributed by atoms with van der Waals surface area (Å²) in [5.41, 5.74) is 0. The van der Waals surface area contributed by atoms with E-state index in [9.17, 15) is 4.79 Å². The largest absolute Gasteiger partial charge is 0.335 e. The maximum absolute atomic E-state index is 11.6. The number of hydrogen-bond donors (Lipinski definition) is 2. The van der Waals surface area contributed by atoms with Crippen molar-refractivity contribution >= 4 is 17.4 Å². The van der Waals surface area contributed by atoms with E-state index in [-0.39, 0.29) is 6.03 Å². The van der Waals surface area contributed by atoms with Crippen molar-refractivity contribution in [3.05, 3.63) is 16.6 Å². The molecule has 0 bridgehead atoms. The van der Waals surface area contributed by atoms with E-state index in [2.05, 4.69) is 15.6 Å². The summed E-state index contributed by atoms with van der Waals surface area (Å²) in [6, 6.07) is 0.298. The van der Waals surface area contributed by atoms with E-state index >= 15 is 0 Å². The lowest BCUT2D eigenvalue weighted by molar-refractivity contribution is 0.232. The highest BCUT2D eigenvalue weighted by molar-refractivity contribution is 7.09. The van der Waals surface area contributed by atoms with E-state index in [0.717, 1.165) is 17.8 Å². The highest BCUT2D eigenvalue weighted by Crippen LogP contribution is 2.17. The molecule has 2 amide bonds. The summed E-state index contributed by atoms with van der Waals surface area (Å²) in [6.07, 6.45) is 7.75. The van der Waals surface area contributed by atoms with Crippen LogP contribution in [0.5, 0.6) is 0 Å². The number of thiazole rings is 1. The summed E-state index contributed by atoms with van der Waals surface area (Å²) in [5, 5.41) is 8.69. The number of aromatic nitrogens is 1. The standard InChI is InChI=1S/C11H17N3OS/c15-11(13-8-10-12-6-7-16-10)14-9-4-2-1-3-5-9/h6-7,9H,1-5,8H2,(H2,13,14,15). The normalized spacial score (nSPS) is 17.0. The molecule has 1 heterocycles. The van der Waals surface area contributed by atoms with Gasteiger partial charge in [-0.25, -0.2) is 9.78 Å². The maximum Gasteiger partial charge on any atom is 0.315 e. The first kappa shape index (κ1) is 11.4. The summed E-state index contributed by atoms with van der Waals surface area (Å²) in [6.45, 7) is 0.524. The first-order chi connectivity index (χ1) is 7.84. The predicted octanol–water partition coefficient (Wildman–Crippen LogP) is 2.28. The predicted molar refractivity (Wildman–Crippen MR) is 64.4 cm³/mol. The smallest absolute Gasteiger partial charge is 0.315 e. The number of carbonyl (C=O) groups excluding carboxylic acids is 1. The molecule has 0 aliphatic heterocycles. The third-order valence-corrected chi connectivity index (χ3v) is 3.60. The molecule has 2 N–H and O–H groups in total. The van der Waals surface area contributed by atoms with Gasteiger partial charge < -0.3 is 10.6 Å². The summed E-state index contributed by atoms with van der Waals surface area (Å²) in [5.74, 6) is 0. The molecule has 1 saturated carbocycles. The Bertz CT molecular complexity index is 320. The van der Waals surface area contributed by atoms with Crippen molar-refractivity contribution in [1.82, 2.24) is 15.6 Å². The highest BCUT2D eigenvalue weighted by atomic mass is 32.1. The molecule has 0 aromatic carbocycles. The zero-order valence-corrected chi connectivity index (χ0v) is 10.1. The lowest BCUT2D eigenvalue weighted by atomic mass is 9.96. The van der Waals surface area contributed by atoms with Crippen molar-refractivity contribution < 1.29 is 4.79 Å². The van der Waals surface area contributed by atoms with E-state index < -0.39 is 0 Å². The molecule has 88 valence electrons. The molecular weight excluding hydrogens is 222 g/mol. The van der Waals surface area contributed by atoms with Gasteiger partial charge in [-0.3, -0.25) is 0 Å². The molecule has 0 spiro atoms. The van der Waals surface area contributed by atoms with Crippen molar-refractivity contribution in [1.29, 1.82) is 0 Å². The third kappa shape index (κ3) is 3.48. The van der Waals surface area contributed by atoms with E-state index in [1.54, 1.807) is 17.5 Å². The first-order valence-corrected chi connectivity index (χ1v) is 6.65. The molecule has 4 nitrogen and oxygen atoms in total. The van der Waals surface area contributed by atoms with Gasteiger partial charge in [0.2, 0.25) is 0 Å². The Morgan fingerprint density at radius 2 is 2.25 bits per heavy atom. The molecule has 1 aromatic rings. The zero-order valence-electron chi connectivity index (χ0n) is 9.24. The average Bonchev–Trinajstić information content (AvgIpc) is 2.81. The minimum Gasteiger partial charge on any atom is -0.335 e. The van der Waals surface area contributed by atoms with Crippen LogP contribution in [0.15, 0.2) is 11.6 Å². The molecule has 1 aliphatic rings. The minimum absolute atomic E-state index is 0.0675. The lowest BCUT2D eigenvalue weighted by Gasteiger charge is -2.22. The molecule has 0 radical (unpaired) electrons. The molecule has 1 fully saturated rings. The Hall–Kier alpha value is -1.10. The van der Waals surface area contributed by atoms with E-state index in [1.165, 1.54) is 19.3 Å². The second kappa shape index (κ2) is 5.84. The summed E-state index contributed by atoms with van der Waals surface area (Å²) in [4.78, 5) is 15.7. The van der Waals surface area contributed by atoms with Crippen LogP contribution in [0.3, 0.4) is 0 Å². The fourth-order valence-corrected chi connectivity index (χ4v) is 2.54. The van der Waals surface area contributed by atoms with Crippen LogP contribution in [0.4, 0.5) is 4.79 Å². The summed E-state index contributed by atoms with van der Waals surface area (Å²) in [7, 11) is 0. The fraction of sp³-hybridized carbons (Fsp3) is 0.636. The van der Waals surface area contributed by atoms with Crippen LogP contribution in [-0.4, -0.2) is 17.1 Å². The molecular formula is C11H17N3OS. The van der Waals surface area contributed by atoms with Gasteiger partial charge in [-0.15, -0.1) is 11.3 Å². The number of amides is 2. The van der Waals surface area contributed by atoms with E-state index in [0.29, 0.717) is 12.6 Å². The Morgan fingerprint density at radius 1 is 1.44 bits per heavy atom. The minimum atomic E-state index is -0.0675. The van der Waals surface area contributed by atoms with Crippen LogP contribution < -0.4 is 10.6 Å². The monoisotopic (exact) mass is 239 g/mol. The SMILES string of the molecule is O=C(NCc1nccs1)NC1CCCCC1. The molecule has 16 heavy (non-hydrogen) atoms. The Kier molecular flexibility index (Phi) is 4.16. The Balaban J connectivity index is 1.67. The van der Waals surface area contributed by atoms with Crippen LogP contribution in [0.1, 0.15) is 37.1 Å². The lowest BCUT2D eigenvalue weighted by Crippen LogP contribution is -2.42. The average molecular weight is 239 g/mol. The zero-order chi connectivity index (χ0) is 11.2. The van der Waals surface area contributed by atoms with Crippen LogP contribution in [-0.2, 0) is 6.54 Å². The van der Waals surface area contributed by atoms with Gasteiger partial charge in [-0.2, -0.15) is 0 Å². The van der Waals surface area contributed by atoms with E-state index in [1.807, 2.05) is 5.38 Å². The third-order valence-electron chi connectivity index (χ3n) is 2.82. The molecule has 0 atom stereocenters. The van der Waals surface area contributed by atoms with Crippen molar-refractivity contribution in [2.45, 2.75) is 44.7 Å². The van der Waals surface area contributed by atoms with Crippen LogP contribution in [0.25, 0.3) is 0 Å². The number of nitrogens with one attached hydrogen (secondary N) is 2. The van der Waals surface area contributed by atoms with Gasteiger partial charge in [-0.05, 0) is 12.8 Å². The topological polar surface area (TPSA) is 54.0 Å². The molecule has 1 aliphatic carbocycles. The molecule has 0 unspecified atom stereocenters. The van der Waals surface area contributed by atoms with Gasteiger partial charge in [0.1, 0.15) is 5.01 Å². The molecule has 1 aromatic heterocycles. The highest BCUT2D eigenvalue weighted by Gasteiger charge is 2.15. The van der Waals surface area contributed by atoms with Gasteiger partial charge >= 0.3 is 6.03 Å². The van der Waals surface area contributed by atoms with Crippen molar-refractivity contribution in [2.75, 3.05) is 0 Å². The number of nitrogens with zero attached hydrogens (tertiary/aromatic N) is 1. The van der Waals surface area contributed by atoms with Crippen molar-refractivity contribution in [2.24, 2.45) is 0 Å². The van der Waals surface area contributed by atoms with Gasteiger partial charge in [0.25, 0.3) is 0 Å². The summed E-state index contributed by atoms with van der Waals surface area (Å²) >= 11 is 1.56. The number of carbonyl (C=O) groups is 1. The fourth-order valence-electron chi connectivity index (χ4n) is 1.98. The van der Waals surface area contributed by atoms with Gasteiger partial charge in [0, 0.05) is 17.6 Å². The number of hydrogen-bond acceptors (Lipinski definition) is 3. The van der Waals surface area contributed by atoms with Gasteiger partial charge in [0.05, 0.1) is 6.54 Å².